The van der Waals surface area contributed by atoms with E-state index in [9.17, 15) is 19.5 Å². The van der Waals surface area contributed by atoms with Gasteiger partial charge in [-0.2, -0.15) is 0 Å². The lowest BCUT2D eigenvalue weighted by Crippen LogP contribution is -2.31. The molecule has 1 aromatic carbocycles. The minimum Gasteiger partial charge on any atom is -0.480 e. The van der Waals surface area contributed by atoms with E-state index in [1.807, 2.05) is 0 Å². The molecule has 0 aromatic heterocycles. The first-order chi connectivity index (χ1) is 9.77. The Balaban J connectivity index is 2.81. The second-order valence-corrected chi connectivity index (χ2v) is 6.31. The van der Waals surface area contributed by atoms with Crippen LogP contribution < -0.4 is 10.3 Å². The van der Waals surface area contributed by atoms with Gasteiger partial charge in [0.05, 0.1) is 17.2 Å². The molecule has 0 bridgehead atoms. The van der Waals surface area contributed by atoms with Gasteiger partial charge in [-0.3, -0.25) is 14.9 Å². The lowest BCUT2D eigenvalue weighted by molar-refractivity contribution is -0.384. The Morgan fingerprint density at radius 2 is 2.24 bits per heavy atom. The van der Waals surface area contributed by atoms with Crippen molar-refractivity contribution in [2.75, 3.05) is 13.3 Å². The topological polar surface area (TPSA) is 142 Å². The van der Waals surface area contributed by atoms with Gasteiger partial charge in [-0.1, -0.05) is 6.07 Å². The van der Waals surface area contributed by atoms with Crippen molar-refractivity contribution in [1.82, 2.24) is 0 Å². The first-order valence-corrected chi connectivity index (χ1v) is 7.57. The molecule has 2 atom stereocenters. The van der Waals surface area contributed by atoms with Gasteiger partial charge in [0, 0.05) is 13.2 Å². The summed E-state index contributed by atoms with van der Waals surface area (Å²) in [5.74, 6) is -1.23. The largest absolute Gasteiger partial charge is 0.480 e. The van der Waals surface area contributed by atoms with Crippen LogP contribution in [-0.2, 0) is 13.9 Å². The van der Waals surface area contributed by atoms with E-state index in [0.29, 0.717) is 0 Å². The summed E-state index contributed by atoms with van der Waals surface area (Å²) >= 11 is 0. The number of nitrogens with zero attached hydrogens (tertiary/aromatic N) is 1. The molecule has 0 fully saturated rings. The Labute approximate surface area is 120 Å². The third-order valence-corrected chi connectivity index (χ3v) is 4.43. The van der Waals surface area contributed by atoms with Crippen LogP contribution in [0.25, 0.3) is 0 Å². The summed E-state index contributed by atoms with van der Waals surface area (Å²) in [6.45, 7) is 0. The summed E-state index contributed by atoms with van der Waals surface area (Å²) in [6, 6.07) is 3.92. The monoisotopic (exact) mass is 318 g/mol. The van der Waals surface area contributed by atoms with Gasteiger partial charge >= 0.3 is 13.6 Å². The van der Waals surface area contributed by atoms with Crippen molar-refractivity contribution in [1.29, 1.82) is 0 Å². The SMILES string of the molecule is COP(=O)(CCC(N)C(=O)O)Oc1cccc([N+](=O)[O-])c1. The van der Waals surface area contributed by atoms with Gasteiger partial charge in [-0.15, -0.1) is 0 Å². The number of non-ortho nitro benzene ring substituents is 1. The first kappa shape index (κ1) is 17.1. The van der Waals surface area contributed by atoms with Crippen LogP contribution in [-0.4, -0.2) is 35.3 Å². The number of aliphatic carboxylic acids is 1. The summed E-state index contributed by atoms with van der Waals surface area (Å²) in [5, 5.41) is 19.3. The fourth-order valence-corrected chi connectivity index (χ4v) is 2.79. The number of carboxylic acid groups (broad SMARTS) is 1. The molecular formula is C11H15N2O7P. The summed E-state index contributed by atoms with van der Waals surface area (Å²) in [4.78, 5) is 20.6. The zero-order chi connectivity index (χ0) is 16.0. The van der Waals surface area contributed by atoms with Crippen molar-refractivity contribution in [2.24, 2.45) is 5.73 Å². The highest BCUT2D eigenvalue weighted by atomic mass is 31.2. The molecule has 2 unspecified atom stereocenters. The van der Waals surface area contributed by atoms with Crippen LogP contribution >= 0.6 is 7.60 Å². The second kappa shape index (κ2) is 7.16. The molecule has 1 rings (SSSR count). The molecule has 0 aliphatic carbocycles. The molecule has 9 nitrogen and oxygen atoms in total. The number of carboxylic acids is 1. The predicted octanol–water partition coefficient (Wildman–Crippen LogP) is 1.62. The van der Waals surface area contributed by atoms with Gasteiger partial charge < -0.3 is 19.9 Å². The Hall–Kier alpha value is -1.96. The van der Waals surface area contributed by atoms with Gasteiger partial charge in [0.1, 0.15) is 11.8 Å². The zero-order valence-electron chi connectivity index (χ0n) is 11.2. The minimum atomic E-state index is -3.63. The van der Waals surface area contributed by atoms with Crippen molar-refractivity contribution < 1.29 is 28.4 Å². The molecule has 0 spiro atoms. The standard InChI is InChI=1S/C11H15N2O7P/c1-19-21(18,6-5-10(12)11(14)15)20-9-4-2-3-8(7-9)13(16)17/h2-4,7,10H,5-6,12H2,1H3,(H,14,15). The Kier molecular flexibility index (Phi) is 5.83. The van der Waals surface area contributed by atoms with Gasteiger partial charge in [0.2, 0.25) is 0 Å². The predicted molar refractivity (Wildman–Crippen MR) is 73.4 cm³/mol. The molecule has 116 valence electrons. The molecule has 0 saturated carbocycles. The second-order valence-electron chi connectivity index (χ2n) is 4.10. The summed E-state index contributed by atoms with van der Waals surface area (Å²) in [6.07, 6.45) is -0.338. The van der Waals surface area contributed by atoms with Crippen LogP contribution in [0.5, 0.6) is 5.75 Å². The molecular weight excluding hydrogens is 303 g/mol. The summed E-state index contributed by atoms with van der Waals surface area (Å²) in [7, 11) is -2.49. The van der Waals surface area contributed by atoms with Crippen molar-refractivity contribution in [2.45, 2.75) is 12.5 Å². The van der Waals surface area contributed by atoms with E-state index in [2.05, 4.69) is 0 Å². The molecule has 3 N–H and O–H groups in total. The Morgan fingerprint density at radius 1 is 1.57 bits per heavy atom. The number of rotatable bonds is 8. The maximum absolute atomic E-state index is 12.3. The minimum absolute atomic E-state index is 0.00159. The molecule has 10 heteroatoms. The fourth-order valence-electron chi connectivity index (χ4n) is 1.41. The van der Waals surface area contributed by atoms with E-state index in [-0.39, 0.29) is 24.0 Å². The first-order valence-electron chi connectivity index (χ1n) is 5.84. The van der Waals surface area contributed by atoms with Crippen molar-refractivity contribution in [3.63, 3.8) is 0 Å². The van der Waals surface area contributed by atoms with Crippen molar-refractivity contribution in [3.05, 3.63) is 34.4 Å². The average molecular weight is 318 g/mol. The molecule has 21 heavy (non-hydrogen) atoms. The number of nitro groups is 1. The summed E-state index contributed by atoms with van der Waals surface area (Å²) < 4.78 is 22.2. The smallest absolute Gasteiger partial charge is 0.378 e. The van der Waals surface area contributed by atoms with Crippen LogP contribution in [0.15, 0.2) is 24.3 Å². The highest BCUT2D eigenvalue weighted by Crippen LogP contribution is 2.48. The Bertz CT molecular complexity index is 577. The Morgan fingerprint density at radius 3 is 2.76 bits per heavy atom. The average Bonchev–Trinajstić information content (AvgIpc) is 2.44. The van der Waals surface area contributed by atoms with Crippen LogP contribution in [0.2, 0.25) is 0 Å². The van der Waals surface area contributed by atoms with E-state index >= 15 is 0 Å². The molecule has 0 radical (unpaired) electrons. The van der Waals surface area contributed by atoms with Gasteiger partial charge in [-0.05, 0) is 12.5 Å². The van der Waals surface area contributed by atoms with E-state index in [1.165, 1.54) is 18.2 Å². The molecule has 0 amide bonds. The number of hydrogen-bond acceptors (Lipinski definition) is 7. The quantitative estimate of drug-likeness (QED) is 0.418. The molecule has 0 heterocycles. The summed E-state index contributed by atoms with van der Waals surface area (Å²) in [5.41, 5.74) is 5.09. The van der Waals surface area contributed by atoms with E-state index < -0.39 is 24.5 Å². The van der Waals surface area contributed by atoms with Crippen LogP contribution in [0, 0.1) is 10.1 Å². The number of hydrogen-bond donors (Lipinski definition) is 2. The molecule has 0 saturated heterocycles. The van der Waals surface area contributed by atoms with Crippen molar-refractivity contribution >= 4 is 19.3 Å². The highest BCUT2D eigenvalue weighted by molar-refractivity contribution is 7.54. The van der Waals surface area contributed by atoms with E-state index in [0.717, 1.165) is 13.2 Å². The molecule has 0 aliphatic heterocycles. The molecule has 0 aliphatic rings. The van der Waals surface area contributed by atoms with E-state index in [4.69, 9.17) is 19.9 Å². The molecule has 1 aromatic rings. The van der Waals surface area contributed by atoms with Gasteiger partial charge in [0.15, 0.2) is 0 Å². The lowest BCUT2D eigenvalue weighted by atomic mass is 10.2. The third kappa shape index (κ3) is 5.14. The van der Waals surface area contributed by atoms with E-state index in [1.54, 1.807) is 0 Å². The number of nitrogens with two attached hydrogens (primary N) is 1. The van der Waals surface area contributed by atoms with Gasteiger partial charge in [-0.25, -0.2) is 4.57 Å². The third-order valence-electron chi connectivity index (χ3n) is 2.58. The van der Waals surface area contributed by atoms with Crippen molar-refractivity contribution in [3.8, 4) is 5.75 Å². The van der Waals surface area contributed by atoms with Crippen LogP contribution in [0.1, 0.15) is 6.42 Å². The number of carbonyl (C=O) groups is 1. The highest BCUT2D eigenvalue weighted by Gasteiger charge is 2.27. The van der Waals surface area contributed by atoms with Gasteiger partial charge in [0.25, 0.3) is 5.69 Å². The van der Waals surface area contributed by atoms with Crippen LogP contribution in [0.4, 0.5) is 5.69 Å². The fraction of sp³-hybridized carbons (Fsp3) is 0.364. The normalized spacial score (nSPS) is 15.0. The maximum atomic E-state index is 12.3. The lowest BCUT2D eigenvalue weighted by Gasteiger charge is -2.18. The van der Waals surface area contributed by atoms with Crippen LogP contribution in [0.3, 0.4) is 0 Å². The number of benzene rings is 1. The maximum Gasteiger partial charge on any atom is 0.378 e. The zero-order valence-corrected chi connectivity index (χ0v) is 12.1. The number of nitro benzene ring substituents is 1.